The van der Waals surface area contributed by atoms with Gasteiger partial charge in [-0.05, 0) is 6.92 Å². The van der Waals surface area contributed by atoms with E-state index in [-0.39, 0.29) is 6.61 Å². The molecule has 4 atom stereocenters. The molecule has 5 heteroatoms. The molecule has 0 aromatic rings. The van der Waals surface area contributed by atoms with Crippen LogP contribution in [0.15, 0.2) is 0 Å². The van der Waals surface area contributed by atoms with Gasteiger partial charge in [0.25, 0.3) is 0 Å². The molecule has 1 saturated heterocycles. The van der Waals surface area contributed by atoms with Gasteiger partial charge in [0.1, 0.15) is 11.8 Å². The number of piperidine rings is 1. The van der Waals surface area contributed by atoms with Crippen molar-refractivity contribution in [2.75, 3.05) is 13.2 Å². The minimum absolute atomic E-state index is 0.211. The average molecular weight is 177 g/mol. The number of nitrogens with one attached hydrogen (secondary N) is 1. The summed E-state index contributed by atoms with van der Waals surface area (Å²) in [5.41, 5.74) is -1.59. The summed E-state index contributed by atoms with van der Waals surface area (Å²) in [7, 11) is 0. The number of rotatable bonds is 1. The van der Waals surface area contributed by atoms with E-state index in [2.05, 4.69) is 5.32 Å². The summed E-state index contributed by atoms with van der Waals surface area (Å²) in [4.78, 5) is 0. The number of hydrogen-bond acceptors (Lipinski definition) is 5. The molecule has 5 N–H and O–H groups in total. The van der Waals surface area contributed by atoms with Crippen molar-refractivity contribution >= 4 is 0 Å². The smallest absolute Gasteiger partial charge is 0.136 e. The van der Waals surface area contributed by atoms with Gasteiger partial charge in [0, 0.05) is 19.1 Å². The molecule has 72 valence electrons. The maximum atomic E-state index is 9.54. The van der Waals surface area contributed by atoms with Crippen LogP contribution in [0.3, 0.4) is 0 Å². The Kier molecular flexibility index (Phi) is 2.70. The van der Waals surface area contributed by atoms with Crippen molar-refractivity contribution in [3.8, 4) is 0 Å². The SMILES string of the molecule is C[C@@]1(O)C(O)NC[C@H](CO)[C@H]1O. The first-order valence-corrected chi connectivity index (χ1v) is 3.93. The lowest BCUT2D eigenvalue weighted by Crippen LogP contribution is -2.65. The monoisotopic (exact) mass is 177 g/mol. The molecule has 0 aromatic carbocycles. The quantitative estimate of drug-likeness (QED) is 0.309. The van der Waals surface area contributed by atoms with E-state index in [1.54, 1.807) is 0 Å². The van der Waals surface area contributed by atoms with Crippen molar-refractivity contribution in [1.29, 1.82) is 0 Å². The van der Waals surface area contributed by atoms with Gasteiger partial charge in [-0.2, -0.15) is 0 Å². The highest BCUT2D eigenvalue weighted by atomic mass is 16.4. The Balaban J connectivity index is 2.71. The number of hydrogen-bond donors (Lipinski definition) is 5. The molecular weight excluding hydrogens is 162 g/mol. The molecule has 1 fully saturated rings. The molecule has 0 spiro atoms. The molecule has 0 amide bonds. The third-order valence-corrected chi connectivity index (χ3v) is 2.41. The highest BCUT2D eigenvalue weighted by Crippen LogP contribution is 2.24. The van der Waals surface area contributed by atoms with E-state index < -0.39 is 23.9 Å². The van der Waals surface area contributed by atoms with Gasteiger partial charge in [-0.3, -0.25) is 5.32 Å². The highest BCUT2D eigenvalue weighted by Gasteiger charge is 2.45. The Morgan fingerprint density at radius 2 is 2.08 bits per heavy atom. The van der Waals surface area contributed by atoms with Gasteiger partial charge in [0.2, 0.25) is 0 Å². The van der Waals surface area contributed by atoms with Gasteiger partial charge in [-0.25, -0.2) is 0 Å². The molecule has 1 unspecified atom stereocenters. The maximum absolute atomic E-state index is 9.54. The topological polar surface area (TPSA) is 93.0 Å². The van der Waals surface area contributed by atoms with Crippen LogP contribution in [0, 0.1) is 5.92 Å². The minimum atomic E-state index is -1.59. The van der Waals surface area contributed by atoms with Crippen LogP contribution in [-0.4, -0.2) is 51.5 Å². The standard InChI is InChI=1S/C7H15NO4/c1-7(12)5(10)4(3-9)2-8-6(7)11/h4-6,8-12H,2-3H2,1H3/t4-,5-,6?,7+/m1/s1. The van der Waals surface area contributed by atoms with E-state index in [1.807, 2.05) is 0 Å². The lowest BCUT2D eigenvalue weighted by atomic mass is 9.83. The van der Waals surface area contributed by atoms with Crippen LogP contribution in [0.2, 0.25) is 0 Å². The molecule has 0 bridgehead atoms. The van der Waals surface area contributed by atoms with Gasteiger partial charge in [0.05, 0.1) is 6.10 Å². The molecule has 5 nitrogen and oxygen atoms in total. The fourth-order valence-electron chi connectivity index (χ4n) is 1.38. The van der Waals surface area contributed by atoms with Crippen LogP contribution in [0.25, 0.3) is 0 Å². The normalized spacial score (nSPS) is 49.2. The van der Waals surface area contributed by atoms with Crippen molar-refractivity contribution < 1.29 is 20.4 Å². The highest BCUT2D eigenvalue weighted by molar-refractivity contribution is 4.96. The third-order valence-electron chi connectivity index (χ3n) is 2.41. The zero-order chi connectivity index (χ0) is 9.35. The lowest BCUT2D eigenvalue weighted by Gasteiger charge is -2.42. The second kappa shape index (κ2) is 3.27. The zero-order valence-corrected chi connectivity index (χ0v) is 6.94. The van der Waals surface area contributed by atoms with Crippen LogP contribution in [0.1, 0.15) is 6.92 Å². The van der Waals surface area contributed by atoms with Gasteiger partial charge in [-0.1, -0.05) is 0 Å². The van der Waals surface area contributed by atoms with Crippen molar-refractivity contribution in [2.24, 2.45) is 5.92 Å². The Hall–Kier alpha value is -0.200. The largest absolute Gasteiger partial charge is 0.396 e. The van der Waals surface area contributed by atoms with Gasteiger partial charge < -0.3 is 20.4 Å². The molecule has 0 saturated carbocycles. The zero-order valence-electron chi connectivity index (χ0n) is 6.94. The van der Waals surface area contributed by atoms with E-state index in [4.69, 9.17) is 5.11 Å². The minimum Gasteiger partial charge on any atom is -0.396 e. The van der Waals surface area contributed by atoms with E-state index in [0.29, 0.717) is 6.54 Å². The lowest BCUT2D eigenvalue weighted by molar-refractivity contribution is -0.187. The Morgan fingerprint density at radius 1 is 1.50 bits per heavy atom. The third kappa shape index (κ3) is 1.46. The van der Waals surface area contributed by atoms with Crippen LogP contribution in [0.4, 0.5) is 0 Å². The number of aliphatic hydroxyl groups excluding tert-OH is 3. The van der Waals surface area contributed by atoms with Crippen LogP contribution >= 0.6 is 0 Å². The van der Waals surface area contributed by atoms with E-state index in [1.165, 1.54) is 6.92 Å². The summed E-state index contributed by atoms with van der Waals surface area (Å²) in [6, 6.07) is 0. The first-order chi connectivity index (χ1) is 5.50. The fourth-order valence-corrected chi connectivity index (χ4v) is 1.38. The molecular formula is C7H15NO4. The van der Waals surface area contributed by atoms with Gasteiger partial charge in [0.15, 0.2) is 0 Å². The summed E-state index contributed by atoms with van der Waals surface area (Å²) >= 11 is 0. The van der Waals surface area contributed by atoms with Crippen molar-refractivity contribution in [3.63, 3.8) is 0 Å². The molecule has 0 radical (unpaired) electrons. The summed E-state index contributed by atoms with van der Waals surface area (Å²) < 4.78 is 0. The Bertz CT molecular complexity index is 161. The molecule has 0 aliphatic carbocycles. The molecule has 0 aromatic heterocycles. The molecule has 1 rings (SSSR count). The van der Waals surface area contributed by atoms with Gasteiger partial charge >= 0.3 is 0 Å². The first-order valence-electron chi connectivity index (χ1n) is 3.93. The predicted octanol–water partition coefficient (Wildman–Crippen LogP) is -2.37. The van der Waals surface area contributed by atoms with Crippen molar-refractivity contribution in [2.45, 2.75) is 24.9 Å². The molecule has 1 aliphatic heterocycles. The average Bonchev–Trinajstić information content (AvgIpc) is 2.02. The number of aliphatic hydroxyl groups is 4. The van der Waals surface area contributed by atoms with Crippen molar-refractivity contribution in [1.82, 2.24) is 5.32 Å². The predicted molar refractivity (Wildman–Crippen MR) is 41.2 cm³/mol. The Morgan fingerprint density at radius 3 is 2.58 bits per heavy atom. The van der Waals surface area contributed by atoms with Gasteiger partial charge in [-0.15, -0.1) is 0 Å². The Labute approximate surface area is 70.6 Å². The summed E-state index contributed by atoms with van der Waals surface area (Å²) in [5.74, 6) is -0.427. The second-order valence-electron chi connectivity index (χ2n) is 3.42. The fraction of sp³-hybridized carbons (Fsp3) is 1.00. The summed E-state index contributed by atoms with van der Waals surface area (Å²) in [6.07, 6.45) is -2.24. The van der Waals surface area contributed by atoms with Crippen molar-refractivity contribution in [3.05, 3.63) is 0 Å². The van der Waals surface area contributed by atoms with Crippen LogP contribution < -0.4 is 5.32 Å². The van der Waals surface area contributed by atoms with E-state index >= 15 is 0 Å². The molecule has 1 heterocycles. The van der Waals surface area contributed by atoms with Crippen LogP contribution in [0.5, 0.6) is 0 Å². The molecule has 1 aliphatic rings. The summed E-state index contributed by atoms with van der Waals surface area (Å²) in [6.45, 7) is 1.42. The van der Waals surface area contributed by atoms with E-state index in [0.717, 1.165) is 0 Å². The molecule has 12 heavy (non-hydrogen) atoms. The van der Waals surface area contributed by atoms with Crippen LogP contribution in [-0.2, 0) is 0 Å². The summed E-state index contributed by atoms with van der Waals surface area (Å²) in [5, 5.41) is 39.6. The van der Waals surface area contributed by atoms with E-state index in [9.17, 15) is 15.3 Å². The second-order valence-corrected chi connectivity index (χ2v) is 3.42. The first kappa shape index (κ1) is 9.88. The maximum Gasteiger partial charge on any atom is 0.136 e.